The Kier molecular flexibility index (Phi) is 4.02. The van der Waals surface area contributed by atoms with Gasteiger partial charge in [0.15, 0.2) is 0 Å². The second-order valence-corrected chi connectivity index (χ2v) is 7.35. The number of aryl methyl sites for hydroxylation is 3. The largest absolute Gasteiger partial charge is 0.336 e. The predicted octanol–water partition coefficient (Wildman–Crippen LogP) is 3.88. The molecule has 134 valence electrons. The molecule has 3 aromatic rings. The van der Waals surface area contributed by atoms with Crippen molar-refractivity contribution in [1.29, 1.82) is 0 Å². The van der Waals surface area contributed by atoms with Gasteiger partial charge in [-0.05, 0) is 50.8 Å². The van der Waals surface area contributed by atoms with Crippen LogP contribution in [0.25, 0.3) is 22.2 Å². The van der Waals surface area contributed by atoms with Crippen molar-refractivity contribution < 1.29 is 4.79 Å². The lowest BCUT2D eigenvalue weighted by atomic mass is 9.99. The lowest BCUT2D eigenvalue weighted by Gasteiger charge is -2.23. The highest BCUT2D eigenvalue weighted by molar-refractivity contribution is 6.08. The summed E-state index contributed by atoms with van der Waals surface area (Å²) < 4.78 is 1.76. The van der Waals surface area contributed by atoms with E-state index < -0.39 is 0 Å². The van der Waals surface area contributed by atoms with Gasteiger partial charge in [-0.15, -0.1) is 0 Å². The number of hydrogen-bond donors (Lipinski definition) is 0. The third-order valence-corrected chi connectivity index (χ3v) is 5.55. The maximum absolute atomic E-state index is 13.3. The summed E-state index contributed by atoms with van der Waals surface area (Å²) in [4.78, 5) is 20.2. The standard InChI is InChI=1S/C21H24N4O/c1-13-7-8-17-18(21(26)25-9-5-6-14(25)2)10-19(23-20(17)15(13)3)16-11-22-24(4)12-16/h7-8,10-12,14H,5-6,9H2,1-4H3/t14-/m1/s1. The molecule has 5 nitrogen and oxygen atoms in total. The number of benzene rings is 1. The highest BCUT2D eigenvalue weighted by Crippen LogP contribution is 2.30. The molecule has 3 heterocycles. The van der Waals surface area contributed by atoms with E-state index in [1.807, 2.05) is 30.3 Å². The van der Waals surface area contributed by atoms with Crippen LogP contribution < -0.4 is 0 Å². The number of rotatable bonds is 2. The molecule has 0 N–H and O–H groups in total. The zero-order valence-electron chi connectivity index (χ0n) is 15.8. The fourth-order valence-electron chi connectivity index (χ4n) is 3.80. The first-order valence-corrected chi connectivity index (χ1v) is 9.16. The number of amides is 1. The van der Waals surface area contributed by atoms with Gasteiger partial charge in [0.2, 0.25) is 0 Å². The molecule has 0 unspecified atom stereocenters. The third kappa shape index (κ3) is 2.68. The van der Waals surface area contributed by atoms with E-state index in [1.54, 1.807) is 10.9 Å². The van der Waals surface area contributed by atoms with Crippen molar-refractivity contribution >= 4 is 16.8 Å². The number of nitrogens with zero attached hydrogens (tertiary/aromatic N) is 4. The summed E-state index contributed by atoms with van der Waals surface area (Å²) in [6.45, 7) is 7.12. The lowest BCUT2D eigenvalue weighted by Crippen LogP contribution is -2.33. The van der Waals surface area contributed by atoms with Gasteiger partial charge in [0.25, 0.3) is 5.91 Å². The minimum absolute atomic E-state index is 0.107. The fourth-order valence-corrected chi connectivity index (χ4v) is 3.80. The molecule has 0 saturated carbocycles. The van der Waals surface area contributed by atoms with E-state index in [2.05, 4.69) is 31.9 Å². The third-order valence-electron chi connectivity index (χ3n) is 5.55. The molecular weight excluding hydrogens is 324 g/mol. The SMILES string of the molecule is Cc1ccc2c(C(=O)N3CCC[C@H]3C)cc(-c3cnn(C)c3)nc2c1C. The molecule has 1 amide bonds. The molecule has 1 aliphatic rings. The number of carbonyl (C=O) groups excluding carboxylic acids is 1. The van der Waals surface area contributed by atoms with Crippen LogP contribution in [0.4, 0.5) is 0 Å². The van der Waals surface area contributed by atoms with Crippen LogP contribution in [-0.2, 0) is 7.05 Å². The van der Waals surface area contributed by atoms with Gasteiger partial charge in [0, 0.05) is 36.8 Å². The summed E-state index contributed by atoms with van der Waals surface area (Å²) in [7, 11) is 1.89. The van der Waals surface area contributed by atoms with Gasteiger partial charge in [0.1, 0.15) is 0 Å². The van der Waals surface area contributed by atoms with Crippen LogP contribution in [0.5, 0.6) is 0 Å². The van der Waals surface area contributed by atoms with Gasteiger partial charge < -0.3 is 4.90 Å². The summed E-state index contributed by atoms with van der Waals surface area (Å²) >= 11 is 0. The van der Waals surface area contributed by atoms with Crippen molar-refractivity contribution in [3.63, 3.8) is 0 Å². The van der Waals surface area contributed by atoms with E-state index in [-0.39, 0.29) is 5.91 Å². The average molecular weight is 348 g/mol. The van der Waals surface area contributed by atoms with Gasteiger partial charge >= 0.3 is 0 Å². The maximum atomic E-state index is 13.3. The molecule has 0 aliphatic carbocycles. The number of hydrogen-bond acceptors (Lipinski definition) is 3. The summed E-state index contributed by atoms with van der Waals surface area (Å²) in [5, 5.41) is 5.19. The molecule has 1 aromatic carbocycles. The normalized spacial score (nSPS) is 17.2. The van der Waals surface area contributed by atoms with Gasteiger partial charge in [-0.3, -0.25) is 9.48 Å². The Morgan fingerprint density at radius 2 is 2.08 bits per heavy atom. The molecule has 1 atom stereocenters. The quantitative estimate of drug-likeness (QED) is 0.706. The molecular formula is C21H24N4O. The first kappa shape index (κ1) is 16.8. The van der Waals surface area contributed by atoms with Gasteiger partial charge in [0.05, 0.1) is 23.0 Å². The highest BCUT2D eigenvalue weighted by Gasteiger charge is 2.28. The van der Waals surface area contributed by atoms with Crippen molar-refractivity contribution in [2.24, 2.45) is 7.05 Å². The Morgan fingerprint density at radius 1 is 1.27 bits per heavy atom. The molecule has 1 saturated heterocycles. The molecule has 5 heteroatoms. The van der Waals surface area contributed by atoms with E-state index in [9.17, 15) is 4.79 Å². The Hall–Kier alpha value is -2.69. The zero-order valence-corrected chi connectivity index (χ0v) is 15.8. The van der Waals surface area contributed by atoms with E-state index >= 15 is 0 Å². The molecule has 2 aromatic heterocycles. The Morgan fingerprint density at radius 3 is 2.73 bits per heavy atom. The number of pyridine rings is 1. The van der Waals surface area contributed by atoms with Gasteiger partial charge in [-0.2, -0.15) is 5.10 Å². The van der Waals surface area contributed by atoms with E-state index in [0.29, 0.717) is 6.04 Å². The smallest absolute Gasteiger partial charge is 0.254 e. The Balaban J connectivity index is 1.95. The molecule has 0 radical (unpaired) electrons. The van der Waals surface area contributed by atoms with Crippen LogP contribution in [0, 0.1) is 13.8 Å². The van der Waals surface area contributed by atoms with Crippen LogP contribution in [0.1, 0.15) is 41.3 Å². The molecule has 0 bridgehead atoms. The van der Waals surface area contributed by atoms with Crippen molar-refractivity contribution in [2.45, 2.75) is 39.7 Å². The highest BCUT2D eigenvalue weighted by atomic mass is 16.2. The monoisotopic (exact) mass is 348 g/mol. The van der Waals surface area contributed by atoms with Crippen LogP contribution in [-0.4, -0.2) is 38.2 Å². The molecule has 4 rings (SSSR count). The topological polar surface area (TPSA) is 51.0 Å². The fraction of sp³-hybridized carbons (Fsp3) is 0.381. The van der Waals surface area contributed by atoms with Crippen LogP contribution >= 0.6 is 0 Å². The molecule has 1 fully saturated rings. The Bertz CT molecular complexity index is 1000. The summed E-state index contributed by atoms with van der Waals surface area (Å²) in [6.07, 6.45) is 5.88. The van der Waals surface area contributed by atoms with Crippen LogP contribution in [0.2, 0.25) is 0 Å². The molecule has 0 spiro atoms. The van der Waals surface area contributed by atoms with Crippen LogP contribution in [0.3, 0.4) is 0 Å². The zero-order chi connectivity index (χ0) is 18.4. The van der Waals surface area contributed by atoms with Crippen LogP contribution in [0.15, 0.2) is 30.6 Å². The second-order valence-electron chi connectivity index (χ2n) is 7.35. The van der Waals surface area contributed by atoms with Gasteiger partial charge in [-0.25, -0.2) is 4.98 Å². The summed E-state index contributed by atoms with van der Waals surface area (Å²) in [6, 6.07) is 6.33. The summed E-state index contributed by atoms with van der Waals surface area (Å²) in [5.41, 5.74) is 5.68. The van der Waals surface area contributed by atoms with Crippen molar-refractivity contribution in [3.8, 4) is 11.3 Å². The summed E-state index contributed by atoms with van der Waals surface area (Å²) in [5.74, 6) is 0.107. The number of fused-ring (bicyclic) bond motifs is 1. The average Bonchev–Trinajstić information content (AvgIpc) is 3.25. The predicted molar refractivity (Wildman–Crippen MR) is 103 cm³/mol. The van der Waals surface area contributed by atoms with E-state index in [4.69, 9.17) is 4.98 Å². The number of aromatic nitrogens is 3. The minimum Gasteiger partial charge on any atom is -0.336 e. The maximum Gasteiger partial charge on any atom is 0.254 e. The lowest BCUT2D eigenvalue weighted by molar-refractivity contribution is 0.0749. The second kappa shape index (κ2) is 6.24. The van der Waals surface area contributed by atoms with E-state index in [1.165, 1.54) is 5.56 Å². The van der Waals surface area contributed by atoms with Gasteiger partial charge in [-0.1, -0.05) is 12.1 Å². The first-order valence-electron chi connectivity index (χ1n) is 9.16. The van der Waals surface area contributed by atoms with E-state index in [0.717, 1.165) is 52.7 Å². The molecule has 26 heavy (non-hydrogen) atoms. The number of likely N-dealkylation sites (tertiary alicyclic amines) is 1. The van der Waals surface area contributed by atoms with Crippen molar-refractivity contribution in [3.05, 3.63) is 47.3 Å². The van der Waals surface area contributed by atoms with Crippen molar-refractivity contribution in [1.82, 2.24) is 19.7 Å². The number of carbonyl (C=O) groups is 1. The minimum atomic E-state index is 0.107. The van der Waals surface area contributed by atoms with Crippen molar-refractivity contribution in [2.75, 3.05) is 6.54 Å². The first-order chi connectivity index (χ1) is 12.5. The Labute approximate surface area is 153 Å². The molecule has 1 aliphatic heterocycles.